The minimum absolute atomic E-state index is 0.138. The first-order valence-corrected chi connectivity index (χ1v) is 6.73. The van der Waals surface area contributed by atoms with Gasteiger partial charge in [-0.2, -0.15) is 0 Å². The zero-order chi connectivity index (χ0) is 13.1. The first kappa shape index (κ1) is 12.8. The fraction of sp³-hybridized carbons (Fsp3) is 0.0909. The number of nitrogen functional groups attached to an aromatic ring is 1. The molecule has 0 fully saturated rings. The van der Waals surface area contributed by atoms with E-state index in [0.717, 1.165) is 15.8 Å². The van der Waals surface area contributed by atoms with E-state index < -0.39 is 0 Å². The lowest BCUT2D eigenvalue weighted by Gasteiger charge is -2.07. The van der Waals surface area contributed by atoms with E-state index in [-0.39, 0.29) is 17.3 Å². The van der Waals surface area contributed by atoms with Crippen LogP contribution in [0.1, 0.15) is 16.1 Å². The average molecular weight is 328 g/mol. The van der Waals surface area contributed by atoms with Crippen LogP contribution in [0.3, 0.4) is 0 Å². The molecule has 94 valence electrons. The van der Waals surface area contributed by atoms with Crippen LogP contribution in [0.2, 0.25) is 0 Å². The summed E-state index contributed by atoms with van der Waals surface area (Å²) in [5.41, 5.74) is 7.22. The lowest BCUT2D eigenvalue weighted by atomic mass is 10.1. The minimum atomic E-state index is -0.277. The molecule has 0 radical (unpaired) electrons. The molecule has 0 aliphatic rings. The first-order valence-electron chi connectivity index (χ1n) is 5.06. The van der Waals surface area contributed by atoms with E-state index >= 15 is 0 Å². The quantitative estimate of drug-likeness (QED) is 0.750. The Morgan fingerprint density at radius 1 is 1.50 bits per heavy atom. The highest BCUT2D eigenvalue weighted by atomic mass is 79.9. The van der Waals surface area contributed by atoms with Crippen molar-refractivity contribution in [2.75, 3.05) is 5.73 Å². The lowest BCUT2D eigenvalue weighted by Crippen LogP contribution is -2.24. The Labute approximate surface area is 115 Å². The van der Waals surface area contributed by atoms with Crippen molar-refractivity contribution in [2.24, 2.45) is 0 Å². The smallest absolute Gasteiger partial charge is 0.304 e. The number of rotatable bonds is 3. The number of anilines is 1. The zero-order valence-electron chi connectivity index (χ0n) is 9.20. The van der Waals surface area contributed by atoms with E-state index in [9.17, 15) is 9.59 Å². The number of carbonyl (C=O) groups excluding carboxylic acids is 1. The summed E-state index contributed by atoms with van der Waals surface area (Å²) >= 11 is 4.35. The van der Waals surface area contributed by atoms with Crippen molar-refractivity contribution < 1.29 is 4.79 Å². The van der Waals surface area contributed by atoms with Crippen molar-refractivity contribution in [1.82, 2.24) is 10.3 Å². The molecule has 18 heavy (non-hydrogen) atoms. The largest absolute Gasteiger partial charge is 0.398 e. The van der Waals surface area contributed by atoms with E-state index in [1.807, 2.05) is 0 Å². The molecule has 7 heteroatoms. The second-order valence-electron chi connectivity index (χ2n) is 3.59. The van der Waals surface area contributed by atoms with Crippen LogP contribution in [-0.4, -0.2) is 10.9 Å². The molecular weight excluding hydrogens is 318 g/mol. The molecule has 1 heterocycles. The van der Waals surface area contributed by atoms with Gasteiger partial charge in [-0.1, -0.05) is 27.3 Å². The Balaban J connectivity index is 2.08. The fourth-order valence-corrected chi connectivity index (χ4v) is 2.34. The summed E-state index contributed by atoms with van der Waals surface area (Å²) in [4.78, 5) is 25.3. The number of hydrogen-bond donors (Lipinski definition) is 3. The number of aromatic amines is 1. The molecule has 2 rings (SSSR count). The molecule has 0 saturated carbocycles. The minimum Gasteiger partial charge on any atom is -0.398 e. The summed E-state index contributed by atoms with van der Waals surface area (Å²) < 4.78 is 0.783. The lowest BCUT2D eigenvalue weighted by molar-refractivity contribution is 0.0951. The van der Waals surface area contributed by atoms with E-state index in [0.29, 0.717) is 16.9 Å². The number of aromatic nitrogens is 1. The Kier molecular flexibility index (Phi) is 3.83. The van der Waals surface area contributed by atoms with Crippen LogP contribution >= 0.6 is 27.3 Å². The SMILES string of the molecule is Nc1ccc(Br)cc1C(=O)NCc1csc(=O)[nH]1. The molecule has 0 saturated heterocycles. The average Bonchev–Trinajstić information content (AvgIpc) is 2.75. The van der Waals surface area contributed by atoms with Gasteiger partial charge < -0.3 is 16.0 Å². The van der Waals surface area contributed by atoms with Gasteiger partial charge in [0.15, 0.2) is 0 Å². The van der Waals surface area contributed by atoms with Gasteiger partial charge in [0.2, 0.25) is 0 Å². The van der Waals surface area contributed by atoms with Crippen molar-refractivity contribution in [2.45, 2.75) is 6.54 Å². The predicted molar refractivity (Wildman–Crippen MR) is 74.7 cm³/mol. The van der Waals surface area contributed by atoms with Crippen LogP contribution in [0, 0.1) is 0 Å². The molecule has 0 atom stereocenters. The molecule has 4 N–H and O–H groups in total. The molecule has 5 nitrogen and oxygen atoms in total. The Morgan fingerprint density at radius 3 is 2.94 bits per heavy atom. The molecule has 1 aromatic heterocycles. The van der Waals surface area contributed by atoms with E-state index in [1.165, 1.54) is 0 Å². The number of nitrogens with one attached hydrogen (secondary N) is 2. The third-order valence-electron chi connectivity index (χ3n) is 2.27. The first-order chi connectivity index (χ1) is 8.56. The fourth-order valence-electron chi connectivity index (χ4n) is 1.40. The van der Waals surface area contributed by atoms with Crippen molar-refractivity contribution in [3.05, 3.63) is 49.0 Å². The van der Waals surface area contributed by atoms with Crippen molar-refractivity contribution >= 4 is 38.9 Å². The van der Waals surface area contributed by atoms with Gasteiger partial charge in [0.1, 0.15) is 0 Å². The monoisotopic (exact) mass is 327 g/mol. The van der Waals surface area contributed by atoms with Gasteiger partial charge in [-0.15, -0.1) is 0 Å². The molecule has 0 aliphatic heterocycles. The summed E-state index contributed by atoms with van der Waals surface area (Å²) in [7, 11) is 0. The summed E-state index contributed by atoms with van der Waals surface area (Å²) in [5.74, 6) is -0.277. The maximum atomic E-state index is 11.9. The van der Waals surface area contributed by atoms with Crippen LogP contribution in [-0.2, 0) is 6.54 Å². The van der Waals surface area contributed by atoms with Crippen molar-refractivity contribution in [3.8, 4) is 0 Å². The van der Waals surface area contributed by atoms with E-state index in [4.69, 9.17) is 5.73 Å². The second-order valence-corrected chi connectivity index (χ2v) is 5.35. The molecule has 0 unspecified atom stereocenters. The standard InChI is InChI=1S/C11H10BrN3O2S/c12-6-1-2-9(13)8(3-6)10(16)14-4-7-5-18-11(17)15-7/h1-3,5H,4,13H2,(H,14,16)(H,15,17). The van der Waals surface area contributed by atoms with Crippen LogP contribution in [0.4, 0.5) is 5.69 Å². The summed E-state index contributed by atoms with van der Waals surface area (Å²) in [6.07, 6.45) is 0. The number of thiazole rings is 1. The van der Waals surface area contributed by atoms with Crippen LogP contribution in [0.15, 0.2) is 32.8 Å². The predicted octanol–water partition coefficient (Wildman–Crippen LogP) is 1.71. The molecule has 0 aliphatic carbocycles. The highest BCUT2D eigenvalue weighted by molar-refractivity contribution is 9.10. The van der Waals surface area contributed by atoms with Crippen LogP contribution < -0.4 is 15.9 Å². The van der Waals surface area contributed by atoms with Gasteiger partial charge in [-0.05, 0) is 18.2 Å². The molecular formula is C11H10BrN3O2S. The summed E-state index contributed by atoms with van der Waals surface area (Å²) in [6.45, 7) is 0.267. The van der Waals surface area contributed by atoms with Crippen molar-refractivity contribution in [1.29, 1.82) is 0 Å². The van der Waals surface area contributed by atoms with Crippen LogP contribution in [0.25, 0.3) is 0 Å². The number of carbonyl (C=O) groups is 1. The number of H-pyrrole nitrogens is 1. The molecule has 1 aromatic carbocycles. The van der Waals surface area contributed by atoms with E-state index in [2.05, 4.69) is 26.2 Å². The zero-order valence-corrected chi connectivity index (χ0v) is 11.6. The number of benzene rings is 1. The number of nitrogens with two attached hydrogens (primary N) is 1. The Hall–Kier alpha value is -1.60. The molecule has 0 spiro atoms. The van der Waals surface area contributed by atoms with E-state index in [1.54, 1.807) is 23.6 Å². The van der Waals surface area contributed by atoms with Gasteiger partial charge in [-0.25, -0.2) is 0 Å². The third-order valence-corrected chi connectivity index (χ3v) is 3.48. The molecule has 2 aromatic rings. The molecule has 0 bridgehead atoms. The third kappa shape index (κ3) is 2.99. The number of hydrogen-bond acceptors (Lipinski definition) is 4. The van der Waals surface area contributed by atoms with Gasteiger partial charge in [-0.3, -0.25) is 9.59 Å². The Morgan fingerprint density at radius 2 is 2.28 bits per heavy atom. The van der Waals surface area contributed by atoms with Gasteiger partial charge in [0.25, 0.3) is 5.91 Å². The number of amides is 1. The van der Waals surface area contributed by atoms with Gasteiger partial charge in [0, 0.05) is 21.2 Å². The highest BCUT2D eigenvalue weighted by Crippen LogP contribution is 2.18. The summed E-state index contributed by atoms with van der Waals surface area (Å²) in [6, 6.07) is 5.08. The normalized spacial score (nSPS) is 10.3. The van der Waals surface area contributed by atoms with Crippen LogP contribution in [0.5, 0.6) is 0 Å². The highest BCUT2D eigenvalue weighted by Gasteiger charge is 2.10. The topological polar surface area (TPSA) is 88.0 Å². The summed E-state index contributed by atoms with van der Waals surface area (Å²) in [5, 5.41) is 4.37. The molecule has 1 amide bonds. The van der Waals surface area contributed by atoms with Gasteiger partial charge >= 0.3 is 4.87 Å². The maximum Gasteiger partial charge on any atom is 0.304 e. The number of halogens is 1. The maximum absolute atomic E-state index is 11.9. The second kappa shape index (κ2) is 5.36. The van der Waals surface area contributed by atoms with Crippen molar-refractivity contribution in [3.63, 3.8) is 0 Å². The Bertz CT molecular complexity index is 635. The van der Waals surface area contributed by atoms with Gasteiger partial charge in [0.05, 0.1) is 12.1 Å².